The Morgan fingerprint density at radius 3 is 2.50 bits per heavy atom. The number of benzene rings is 1. The SMILES string of the molecule is C[C@@H](O)Cn1c(=O)c2c(nc(Br)n2Cc2ccccc2)n(C)c1=O. The molecule has 0 unspecified atom stereocenters. The van der Waals surface area contributed by atoms with Crippen molar-refractivity contribution in [1.82, 2.24) is 18.7 Å². The Kier molecular flexibility index (Phi) is 4.42. The summed E-state index contributed by atoms with van der Waals surface area (Å²) in [6.07, 6.45) is -0.804. The monoisotopic (exact) mass is 392 g/mol. The predicted molar refractivity (Wildman–Crippen MR) is 94.2 cm³/mol. The third-order valence-corrected chi connectivity index (χ3v) is 4.42. The Bertz CT molecular complexity index is 1000. The van der Waals surface area contributed by atoms with Crippen LogP contribution in [0.25, 0.3) is 11.2 Å². The van der Waals surface area contributed by atoms with Crippen LogP contribution >= 0.6 is 15.9 Å². The van der Waals surface area contributed by atoms with Crippen LogP contribution in [0.2, 0.25) is 0 Å². The molecular weight excluding hydrogens is 376 g/mol. The van der Waals surface area contributed by atoms with Crippen molar-refractivity contribution in [3.63, 3.8) is 0 Å². The summed E-state index contributed by atoms with van der Waals surface area (Å²) in [6, 6.07) is 9.67. The molecule has 0 aliphatic carbocycles. The summed E-state index contributed by atoms with van der Waals surface area (Å²) in [6.45, 7) is 1.92. The summed E-state index contributed by atoms with van der Waals surface area (Å²) in [7, 11) is 1.56. The van der Waals surface area contributed by atoms with E-state index in [1.807, 2.05) is 30.3 Å². The molecule has 7 nitrogen and oxygen atoms in total. The molecule has 1 N–H and O–H groups in total. The maximum Gasteiger partial charge on any atom is 0.332 e. The van der Waals surface area contributed by atoms with Crippen LogP contribution in [0, 0.1) is 0 Å². The van der Waals surface area contributed by atoms with E-state index in [0.717, 1.165) is 10.1 Å². The Labute approximate surface area is 145 Å². The number of hydrogen-bond acceptors (Lipinski definition) is 4. The van der Waals surface area contributed by atoms with Crippen LogP contribution in [0.1, 0.15) is 12.5 Å². The van der Waals surface area contributed by atoms with E-state index in [-0.39, 0.29) is 6.54 Å². The second-order valence-corrected chi connectivity index (χ2v) is 6.44. The van der Waals surface area contributed by atoms with Gasteiger partial charge in [-0.3, -0.25) is 13.9 Å². The summed E-state index contributed by atoms with van der Waals surface area (Å²) in [5, 5.41) is 9.59. The van der Waals surface area contributed by atoms with Gasteiger partial charge in [0.15, 0.2) is 15.9 Å². The van der Waals surface area contributed by atoms with Crippen molar-refractivity contribution in [1.29, 1.82) is 0 Å². The fraction of sp³-hybridized carbons (Fsp3) is 0.312. The van der Waals surface area contributed by atoms with E-state index < -0.39 is 17.4 Å². The molecule has 2 aromatic heterocycles. The number of rotatable bonds is 4. The molecule has 126 valence electrons. The lowest BCUT2D eigenvalue weighted by molar-refractivity contribution is 0.170. The number of aliphatic hydroxyl groups is 1. The smallest absolute Gasteiger partial charge is 0.332 e. The molecule has 8 heteroatoms. The fourth-order valence-corrected chi connectivity index (χ4v) is 3.15. The Hall–Kier alpha value is -2.19. The van der Waals surface area contributed by atoms with Gasteiger partial charge in [0, 0.05) is 7.05 Å². The van der Waals surface area contributed by atoms with E-state index in [0.29, 0.717) is 22.4 Å². The minimum Gasteiger partial charge on any atom is -0.392 e. The van der Waals surface area contributed by atoms with Gasteiger partial charge in [0.1, 0.15) is 0 Å². The predicted octanol–water partition coefficient (Wildman–Crippen LogP) is 1.09. The first-order chi connectivity index (χ1) is 11.4. The average Bonchev–Trinajstić information content (AvgIpc) is 2.87. The highest BCUT2D eigenvalue weighted by molar-refractivity contribution is 9.10. The van der Waals surface area contributed by atoms with Gasteiger partial charge >= 0.3 is 5.69 Å². The van der Waals surface area contributed by atoms with Crippen LogP contribution in [-0.4, -0.2) is 29.9 Å². The third-order valence-electron chi connectivity index (χ3n) is 3.82. The summed E-state index contributed by atoms with van der Waals surface area (Å²) in [5.41, 5.74) is 0.698. The first-order valence-corrected chi connectivity index (χ1v) is 8.27. The molecule has 0 bridgehead atoms. The topological polar surface area (TPSA) is 82.1 Å². The molecule has 24 heavy (non-hydrogen) atoms. The van der Waals surface area contributed by atoms with Crippen LogP contribution in [-0.2, 0) is 20.1 Å². The molecule has 0 aliphatic rings. The second kappa shape index (κ2) is 6.37. The molecular formula is C16H17BrN4O3. The van der Waals surface area contributed by atoms with Gasteiger partial charge in [-0.2, -0.15) is 0 Å². The molecule has 3 aromatic rings. The molecule has 0 amide bonds. The molecule has 0 fully saturated rings. The number of nitrogens with zero attached hydrogens (tertiary/aromatic N) is 4. The summed E-state index contributed by atoms with van der Waals surface area (Å²) >= 11 is 3.37. The third kappa shape index (κ3) is 2.83. The number of aromatic nitrogens is 4. The lowest BCUT2D eigenvalue weighted by Crippen LogP contribution is -2.41. The van der Waals surface area contributed by atoms with Crippen LogP contribution < -0.4 is 11.2 Å². The number of aryl methyl sites for hydroxylation is 1. The van der Waals surface area contributed by atoms with Crippen LogP contribution in [0.15, 0.2) is 44.7 Å². The highest BCUT2D eigenvalue weighted by Crippen LogP contribution is 2.18. The van der Waals surface area contributed by atoms with Gasteiger partial charge in [0.2, 0.25) is 0 Å². The van der Waals surface area contributed by atoms with Gasteiger partial charge in [-0.25, -0.2) is 9.78 Å². The Morgan fingerprint density at radius 2 is 1.88 bits per heavy atom. The quantitative estimate of drug-likeness (QED) is 0.673. The zero-order valence-electron chi connectivity index (χ0n) is 13.3. The van der Waals surface area contributed by atoms with Gasteiger partial charge in [0.05, 0.1) is 19.2 Å². The standard InChI is InChI=1S/C16H17BrN4O3/c1-10(22)8-21-14(23)12-13(19(2)16(21)24)18-15(17)20(12)9-11-6-4-3-5-7-11/h3-7,10,22H,8-9H2,1-2H3/t10-/m1/s1. The minimum absolute atomic E-state index is 0.0599. The summed E-state index contributed by atoms with van der Waals surface area (Å²) in [5.74, 6) is 0. The fourth-order valence-electron chi connectivity index (χ4n) is 2.68. The molecule has 2 heterocycles. The molecule has 1 atom stereocenters. The largest absolute Gasteiger partial charge is 0.392 e. The number of aliphatic hydroxyl groups excluding tert-OH is 1. The van der Waals surface area contributed by atoms with Gasteiger partial charge < -0.3 is 9.67 Å². The van der Waals surface area contributed by atoms with E-state index in [1.165, 1.54) is 11.5 Å². The Morgan fingerprint density at radius 1 is 1.21 bits per heavy atom. The van der Waals surface area contributed by atoms with Gasteiger partial charge in [-0.15, -0.1) is 0 Å². The van der Waals surface area contributed by atoms with Crippen molar-refractivity contribution < 1.29 is 5.11 Å². The minimum atomic E-state index is -0.804. The highest BCUT2D eigenvalue weighted by Gasteiger charge is 2.19. The summed E-state index contributed by atoms with van der Waals surface area (Å²) < 4.78 is 4.57. The van der Waals surface area contributed by atoms with E-state index in [4.69, 9.17) is 0 Å². The highest BCUT2D eigenvalue weighted by atomic mass is 79.9. The van der Waals surface area contributed by atoms with Crippen LogP contribution in [0.3, 0.4) is 0 Å². The second-order valence-electron chi connectivity index (χ2n) is 5.73. The number of fused-ring (bicyclic) bond motifs is 1. The van der Waals surface area contributed by atoms with E-state index in [2.05, 4.69) is 20.9 Å². The van der Waals surface area contributed by atoms with Crippen molar-refractivity contribution >= 4 is 27.1 Å². The summed E-state index contributed by atoms with van der Waals surface area (Å²) in [4.78, 5) is 29.5. The van der Waals surface area contributed by atoms with Crippen LogP contribution in [0.4, 0.5) is 0 Å². The molecule has 0 aliphatic heterocycles. The lowest BCUT2D eigenvalue weighted by atomic mass is 10.2. The zero-order valence-corrected chi connectivity index (χ0v) is 14.9. The lowest BCUT2D eigenvalue weighted by Gasteiger charge is -2.11. The van der Waals surface area contributed by atoms with Crippen molar-refractivity contribution in [3.05, 3.63) is 61.5 Å². The van der Waals surface area contributed by atoms with E-state index in [1.54, 1.807) is 11.6 Å². The van der Waals surface area contributed by atoms with E-state index >= 15 is 0 Å². The maximum absolute atomic E-state index is 12.8. The molecule has 1 aromatic carbocycles. The van der Waals surface area contributed by atoms with Gasteiger partial charge in [0.25, 0.3) is 5.56 Å². The normalized spacial score (nSPS) is 12.7. The first-order valence-electron chi connectivity index (χ1n) is 7.47. The van der Waals surface area contributed by atoms with E-state index in [9.17, 15) is 14.7 Å². The van der Waals surface area contributed by atoms with Crippen LogP contribution in [0.5, 0.6) is 0 Å². The van der Waals surface area contributed by atoms with Crippen molar-refractivity contribution in [2.24, 2.45) is 7.05 Å². The Balaban J connectivity index is 2.27. The maximum atomic E-state index is 12.8. The van der Waals surface area contributed by atoms with Gasteiger partial charge in [-0.1, -0.05) is 30.3 Å². The first kappa shape index (κ1) is 16.7. The number of hydrogen-bond donors (Lipinski definition) is 1. The molecule has 3 rings (SSSR count). The average molecular weight is 393 g/mol. The van der Waals surface area contributed by atoms with Crippen molar-refractivity contribution in [2.45, 2.75) is 26.1 Å². The van der Waals surface area contributed by atoms with Crippen molar-refractivity contribution in [2.75, 3.05) is 0 Å². The molecule has 0 saturated heterocycles. The van der Waals surface area contributed by atoms with Gasteiger partial charge in [-0.05, 0) is 28.4 Å². The number of halogens is 1. The molecule has 0 radical (unpaired) electrons. The van der Waals surface area contributed by atoms with Crippen molar-refractivity contribution in [3.8, 4) is 0 Å². The molecule has 0 spiro atoms. The zero-order chi connectivity index (χ0) is 17.4. The molecule has 0 saturated carbocycles. The number of imidazole rings is 1.